The van der Waals surface area contributed by atoms with Crippen molar-refractivity contribution in [2.75, 3.05) is 10.6 Å². The van der Waals surface area contributed by atoms with Crippen molar-refractivity contribution in [2.24, 2.45) is 0 Å². The largest absolute Gasteiger partial charge is 0.446 e. The third-order valence-electron chi connectivity index (χ3n) is 3.84. The van der Waals surface area contributed by atoms with E-state index < -0.39 is 5.51 Å². The van der Waals surface area contributed by atoms with Gasteiger partial charge in [-0.2, -0.15) is 18.2 Å². The summed E-state index contributed by atoms with van der Waals surface area (Å²) in [6.45, 7) is 0. The summed E-state index contributed by atoms with van der Waals surface area (Å²) in [6, 6.07) is 17.4. The van der Waals surface area contributed by atoms with Gasteiger partial charge < -0.3 is 10.6 Å². The molecule has 0 unspecified atom stereocenters. The smallest absolute Gasteiger partial charge is 0.339 e. The van der Waals surface area contributed by atoms with Crippen LogP contribution in [0.5, 0.6) is 0 Å². The number of halogens is 3. The van der Waals surface area contributed by atoms with Crippen molar-refractivity contribution in [3.8, 4) is 0 Å². The molecule has 0 spiro atoms. The Labute approximate surface area is 168 Å². The van der Waals surface area contributed by atoms with Crippen molar-refractivity contribution in [2.45, 2.75) is 10.4 Å². The molecule has 29 heavy (non-hydrogen) atoms. The summed E-state index contributed by atoms with van der Waals surface area (Å²) in [6.07, 6.45) is 3.26. The molecule has 0 saturated heterocycles. The fourth-order valence-corrected chi connectivity index (χ4v) is 3.28. The Hall–Kier alpha value is -3.33. The maximum Gasteiger partial charge on any atom is 0.446 e. The third kappa shape index (κ3) is 5.14. The van der Waals surface area contributed by atoms with E-state index in [1.807, 2.05) is 30.3 Å². The molecule has 0 radical (unpaired) electrons. The van der Waals surface area contributed by atoms with E-state index >= 15 is 0 Å². The van der Waals surface area contributed by atoms with E-state index in [0.717, 1.165) is 16.6 Å². The van der Waals surface area contributed by atoms with Gasteiger partial charge in [-0.3, -0.25) is 4.98 Å². The van der Waals surface area contributed by atoms with Crippen molar-refractivity contribution in [3.63, 3.8) is 0 Å². The minimum absolute atomic E-state index is 0.0824. The molecule has 0 bridgehead atoms. The summed E-state index contributed by atoms with van der Waals surface area (Å²) < 4.78 is 37.7. The number of hydrogen-bond acceptors (Lipinski definition) is 6. The highest BCUT2D eigenvalue weighted by atomic mass is 32.2. The first-order valence-electron chi connectivity index (χ1n) is 8.52. The summed E-state index contributed by atoms with van der Waals surface area (Å²) in [7, 11) is 0. The summed E-state index contributed by atoms with van der Waals surface area (Å²) in [4.78, 5) is 13.0. The maximum atomic E-state index is 12.6. The summed E-state index contributed by atoms with van der Waals surface area (Å²) >= 11 is -0.169. The van der Waals surface area contributed by atoms with Crippen LogP contribution in [0.1, 0.15) is 0 Å². The first-order chi connectivity index (χ1) is 13.9. The molecule has 2 aromatic heterocycles. The molecule has 4 aromatic rings. The van der Waals surface area contributed by atoms with Gasteiger partial charge in [-0.05, 0) is 48.2 Å². The van der Waals surface area contributed by atoms with E-state index in [2.05, 4.69) is 25.6 Å². The van der Waals surface area contributed by atoms with Crippen molar-refractivity contribution in [3.05, 3.63) is 73.1 Å². The summed E-state index contributed by atoms with van der Waals surface area (Å²) in [5.41, 5.74) is -2.23. The first kappa shape index (κ1) is 19.0. The SMILES string of the molecule is FC(F)(F)Sc1cccc(Nc2nccc(Nc3cnc4ccccc4c3)n2)c1. The van der Waals surface area contributed by atoms with Gasteiger partial charge in [-0.1, -0.05) is 24.3 Å². The number of nitrogens with one attached hydrogen (secondary N) is 2. The minimum atomic E-state index is -4.34. The van der Waals surface area contributed by atoms with Gasteiger partial charge >= 0.3 is 5.51 Å². The van der Waals surface area contributed by atoms with Gasteiger partial charge in [-0.15, -0.1) is 0 Å². The topological polar surface area (TPSA) is 62.7 Å². The molecule has 0 fully saturated rings. The van der Waals surface area contributed by atoms with Crippen molar-refractivity contribution in [1.29, 1.82) is 0 Å². The van der Waals surface area contributed by atoms with Crippen molar-refractivity contribution >= 4 is 45.8 Å². The molecule has 146 valence electrons. The van der Waals surface area contributed by atoms with Crippen LogP contribution in [0.2, 0.25) is 0 Å². The van der Waals surface area contributed by atoms with Gasteiger partial charge in [0.15, 0.2) is 0 Å². The number of nitrogens with zero attached hydrogens (tertiary/aromatic N) is 3. The molecule has 5 nitrogen and oxygen atoms in total. The monoisotopic (exact) mass is 413 g/mol. The van der Waals surface area contributed by atoms with Gasteiger partial charge in [0.1, 0.15) is 5.82 Å². The van der Waals surface area contributed by atoms with Crippen molar-refractivity contribution < 1.29 is 13.2 Å². The zero-order valence-corrected chi connectivity index (χ0v) is 15.6. The molecular formula is C20H14F3N5S. The number of rotatable bonds is 5. The highest BCUT2D eigenvalue weighted by Crippen LogP contribution is 2.37. The van der Waals surface area contributed by atoms with Crippen LogP contribution in [0.3, 0.4) is 0 Å². The zero-order chi connectivity index (χ0) is 20.3. The first-order valence-corrected chi connectivity index (χ1v) is 9.34. The number of alkyl halides is 3. The van der Waals surface area contributed by atoms with Gasteiger partial charge in [0.25, 0.3) is 0 Å². The molecule has 0 aliphatic carbocycles. The number of fused-ring (bicyclic) bond motifs is 1. The lowest BCUT2D eigenvalue weighted by Crippen LogP contribution is -2.01. The highest BCUT2D eigenvalue weighted by Gasteiger charge is 2.29. The highest BCUT2D eigenvalue weighted by molar-refractivity contribution is 8.00. The number of thioether (sulfide) groups is 1. The number of pyridine rings is 1. The van der Waals surface area contributed by atoms with Crippen LogP contribution in [0, 0.1) is 0 Å². The predicted molar refractivity (Wildman–Crippen MR) is 109 cm³/mol. The standard InChI is InChI=1S/C20H14F3N5S/c21-20(22,23)29-16-6-3-5-14(11-16)27-19-24-9-8-18(28-19)26-15-10-13-4-1-2-7-17(13)25-12-15/h1-12H,(H2,24,26,27,28). The van der Waals surface area contributed by atoms with E-state index in [1.165, 1.54) is 12.1 Å². The lowest BCUT2D eigenvalue weighted by atomic mass is 10.2. The molecule has 9 heteroatoms. The van der Waals surface area contributed by atoms with Crippen LogP contribution in [0.25, 0.3) is 10.9 Å². The molecule has 2 N–H and O–H groups in total. The van der Waals surface area contributed by atoms with Crippen LogP contribution in [-0.2, 0) is 0 Å². The Morgan fingerprint density at radius 2 is 1.69 bits per heavy atom. The lowest BCUT2D eigenvalue weighted by molar-refractivity contribution is -0.0328. The second-order valence-corrected chi connectivity index (χ2v) is 7.15. The Morgan fingerprint density at radius 3 is 2.55 bits per heavy atom. The number of benzene rings is 2. The van der Waals surface area contributed by atoms with Crippen LogP contribution in [0.15, 0.2) is 78.0 Å². The average molecular weight is 413 g/mol. The minimum Gasteiger partial charge on any atom is -0.339 e. The molecule has 0 saturated carbocycles. The van der Waals surface area contributed by atoms with Gasteiger partial charge in [0.05, 0.1) is 17.4 Å². The molecule has 0 atom stereocenters. The fourth-order valence-electron chi connectivity index (χ4n) is 2.68. The number of hydrogen-bond donors (Lipinski definition) is 2. The Morgan fingerprint density at radius 1 is 0.828 bits per heavy atom. The Balaban J connectivity index is 1.50. The molecule has 0 amide bonds. The number of anilines is 4. The van der Waals surface area contributed by atoms with E-state index in [4.69, 9.17) is 0 Å². The Kier molecular flexibility index (Phi) is 5.22. The van der Waals surface area contributed by atoms with Crippen LogP contribution in [-0.4, -0.2) is 20.5 Å². The van der Waals surface area contributed by atoms with Gasteiger partial charge in [0, 0.05) is 22.2 Å². The molecule has 2 aromatic carbocycles. The zero-order valence-electron chi connectivity index (χ0n) is 14.8. The van der Waals surface area contributed by atoms with Crippen LogP contribution in [0.4, 0.5) is 36.3 Å². The molecular weight excluding hydrogens is 399 g/mol. The average Bonchev–Trinajstić information content (AvgIpc) is 2.67. The fraction of sp³-hybridized carbons (Fsp3) is 0.0500. The van der Waals surface area contributed by atoms with Gasteiger partial charge in [-0.25, -0.2) is 4.98 Å². The van der Waals surface area contributed by atoms with Crippen LogP contribution < -0.4 is 10.6 Å². The second-order valence-electron chi connectivity index (χ2n) is 6.01. The normalized spacial score (nSPS) is 11.4. The third-order valence-corrected chi connectivity index (χ3v) is 4.56. The van der Waals surface area contributed by atoms with Crippen LogP contribution >= 0.6 is 11.8 Å². The van der Waals surface area contributed by atoms with E-state index in [1.54, 1.807) is 30.6 Å². The molecule has 0 aliphatic heterocycles. The molecule has 4 rings (SSSR count). The quantitative estimate of drug-likeness (QED) is 0.384. The predicted octanol–water partition coefficient (Wildman–Crippen LogP) is 6.12. The van der Waals surface area contributed by atoms with E-state index in [9.17, 15) is 13.2 Å². The summed E-state index contributed by atoms with van der Waals surface area (Å²) in [5.74, 6) is 0.790. The van der Waals surface area contributed by atoms with Gasteiger partial charge in [0.2, 0.25) is 5.95 Å². The number of aromatic nitrogens is 3. The Bertz CT molecular complexity index is 1150. The number of para-hydroxylation sites is 1. The van der Waals surface area contributed by atoms with Crippen molar-refractivity contribution in [1.82, 2.24) is 15.0 Å². The summed E-state index contributed by atoms with van der Waals surface area (Å²) in [5, 5.41) is 7.08. The second kappa shape index (κ2) is 7.96. The van der Waals surface area contributed by atoms with E-state index in [-0.39, 0.29) is 22.6 Å². The molecule has 2 heterocycles. The molecule has 0 aliphatic rings. The maximum absolute atomic E-state index is 12.6. The lowest BCUT2D eigenvalue weighted by Gasteiger charge is -2.10. The van der Waals surface area contributed by atoms with E-state index in [0.29, 0.717) is 11.5 Å².